The third kappa shape index (κ3) is 4.70. The smallest absolute Gasteiger partial charge is 0.172 e. The van der Waals surface area contributed by atoms with Crippen molar-refractivity contribution in [2.75, 3.05) is 0 Å². The molecule has 0 saturated carbocycles. The second kappa shape index (κ2) is 6.94. The summed E-state index contributed by atoms with van der Waals surface area (Å²) in [6, 6.07) is 7.55. The topological polar surface area (TPSA) is 43.4 Å². The van der Waals surface area contributed by atoms with Gasteiger partial charge in [-0.1, -0.05) is 19.1 Å². The van der Waals surface area contributed by atoms with Crippen molar-refractivity contribution in [3.63, 3.8) is 0 Å². The van der Waals surface area contributed by atoms with Crippen molar-refractivity contribution < 1.29 is 14.3 Å². The number of hydrogen-bond donors (Lipinski definition) is 0. The fourth-order valence-corrected chi connectivity index (χ4v) is 1.61. The highest BCUT2D eigenvalue weighted by atomic mass is 16.5. The molecule has 0 N–H and O–H groups in total. The number of rotatable bonds is 7. The summed E-state index contributed by atoms with van der Waals surface area (Å²) >= 11 is 0. The van der Waals surface area contributed by atoms with E-state index in [-0.39, 0.29) is 11.6 Å². The Bertz CT molecular complexity index is 406. The number of Topliss-reactive ketones (excluding diaryl/α,β-unsaturated/α-hetero) is 2. The number of ether oxygens (including phenoxy) is 1. The zero-order valence-electron chi connectivity index (χ0n) is 11.2. The molecule has 0 aromatic heterocycles. The monoisotopic (exact) mass is 248 g/mol. The van der Waals surface area contributed by atoms with E-state index in [9.17, 15) is 9.59 Å². The van der Waals surface area contributed by atoms with E-state index >= 15 is 0 Å². The maximum Gasteiger partial charge on any atom is 0.172 e. The van der Waals surface area contributed by atoms with Gasteiger partial charge in [0.05, 0.1) is 0 Å². The minimum Gasteiger partial charge on any atom is -0.483 e. The van der Waals surface area contributed by atoms with Crippen LogP contribution in [0.1, 0.15) is 39.2 Å². The Morgan fingerprint density at radius 1 is 1.22 bits per heavy atom. The molecule has 0 aliphatic carbocycles. The van der Waals surface area contributed by atoms with E-state index in [2.05, 4.69) is 0 Å². The van der Waals surface area contributed by atoms with Crippen molar-refractivity contribution >= 4 is 11.6 Å². The largest absolute Gasteiger partial charge is 0.483 e. The molecule has 0 fully saturated rings. The first-order valence-corrected chi connectivity index (χ1v) is 6.30. The predicted molar refractivity (Wildman–Crippen MR) is 70.8 cm³/mol. The highest BCUT2D eigenvalue weighted by Gasteiger charge is 2.11. The van der Waals surface area contributed by atoms with Gasteiger partial charge in [0.15, 0.2) is 11.9 Å². The molecule has 0 spiro atoms. The lowest BCUT2D eigenvalue weighted by Gasteiger charge is -2.13. The standard InChI is InChI=1S/C15H20O3/c1-4-15(17)12(3)18-14-9-7-13(8-10-14)6-5-11(2)16/h7-10,12H,4-6H2,1-3H3. The molecule has 0 saturated heterocycles. The highest BCUT2D eigenvalue weighted by molar-refractivity contribution is 5.82. The summed E-state index contributed by atoms with van der Waals surface area (Å²) in [6.45, 7) is 5.18. The Morgan fingerprint density at radius 2 is 1.83 bits per heavy atom. The normalized spacial score (nSPS) is 11.9. The summed E-state index contributed by atoms with van der Waals surface area (Å²) in [6.07, 6.45) is 1.39. The Kier molecular flexibility index (Phi) is 5.56. The molecule has 0 radical (unpaired) electrons. The van der Waals surface area contributed by atoms with Gasteiger partial charge in [-0.25, -0.2) is 0 Å². The van der Waals surface area contributed by atoms with E-state index in [1.54, 1.807) is 13.8 Å². The number of hydrogen-bond acceptors (Lipinski definition) is 3. The van der Waals surface area contributed by atoms with Crippen LogP contribution in [0.3, 0.4) is 0 Å². The number of ketones is 2. The van der Waals surface area contributed by atoms with Gasteiger partial charge in [-0.2, -0.15) is 0 Å². The van der Waals surface area contributed by atoms with Crippen molar-refractivity contribution in [2.45, 2.75) is 46.1 Å². The zero-order valence-corrected chi connectivity index (χ0v) is 11.2. The van der Waals surface area contributed by atoms with E-state index < -0.39 is 6.10 Å². The Balaban J connectivity index is 2.54. The molecule has 1 aromatic carbocycles. The van der Waals surface area contributed by atoms with Gasteiger partial charge < -0.3 is 9.53 Å². The number of carbonyl (C=O) groups excluding carboxylic acids is 2. The van der Waals surface area contributed by atoms with Gasteiger partial charge in [0.1, 0.15) is 11.5 Å². The van der Waals surface area contributed by atoms with Gasteiger partial charge in [0.25, 0.3) is 0 Å². The highest BCUT2D eigenvalue weighted by Crippen LogP contribution is 2.15. The Morgan fingerprint density at radius 3 is 2.33 bits per heavy atom. The summed E-state index contributed by atoms with van der Waals surface area (Å²) in [5, 5.41) is 0. The van der Waals surface area contributed by atoms with Gasteiger partial charge in [-0.3, -0.25) is 4.79 Å². The number of carbonyl (C=O) groups is 2. The summed E-state index contributed by atoms with van der Waals surface area (Å²) in [4.78, 5) is 22.3. The van der Waals surface area contributed by atoms with Crippen LogP contribution in [0.4, 0.5) is 0 Å². The summed E-state index contributed by atoms with van der Waals surface area (Å²) in [7, 11) is 0. The third-order valence-electron chi connectivity index (χ3n) is 2.80. The zero-order chi connectivity index (χ0) is 13.5. The first-order valence-electron chi connectivity index (χ1n) is 6.30. The van der Waals surface area contributed by atoms with Gasteiger partial charge in [-0.15, -0.1) is 0 Å². The molecule has 98 valence electrons. The van der Waals surface area contributed by atoms with Crippen LogP contribution < -0.4 is 4.74 Å². The van der Waals surface area contributed by atoms with Crippen LogP contribution in [0.15, 0.2) is 24.3 Å². The summed E-state index contributed by atoms with van der Waals surface area (Å²) in [5.41, 5.74) is 1.10. The van der Waals surface area contributed by atoms with Crippen molar-refractivity contribution in [3.05, 3.63) is 29.8 Å². The van der Waals surface area contributed by atoms with Gasteiger partial charge in [0, 0.05) is 12.8 Å². The van der Waals surface area contributed by atoms with E-state index in [1.165, 1.54) is 0 Å². The maximum atomic E-state index is 11.4. The Hall–Kier alpha value is -1.64. The fraction of sp³-hybridized carbons (Fsp3) is 0.467. The summed E-state index contributed by atoms with van der Waals surface area (Å²) in [5.74, 6) is 0.976. The van der Waals surface area contributed by atoms with Crippen molar-refractivity contribution in [1.29, 1.82) is 0 Å². The molecule has 1 rings (SSSR count). The molecule has 1 aromatic rings. The lowest BCUT2D eigenvalue weighted by Crippen LogP contribution is -2.22. The Labute approximate surface area is 108 Å². The average Bonchev–Trinajstić information content (AvgIpc) is 2.36. The van der Waals surface area contributed by atoms with Crippen LogP contribution in [0, 0.1) is 0 Å². The minimum absolute atomic E-state index is 0.0932. The molecule has 3 nitrogen and oxygen atoms in total. The van der Waals surface area contributed by atoms with Gasteiger partial charge in [-0.05, 0) is 38.0 Å². The molecule has 3 heteroatoms. The second-order valence-electron chi connectivity index (χ2n) is 4.43. The fourth-order valence-electron chi connectivity index (χ4n) is 1.61. The quantitative estimate of drug-likeness (QED) is 0.745. The van der Waals surface area contributed by atoms with Crippen LogP contribution in [-0.2, 0) is 16.0 Å². The van der Waals surface area contributed by atoms with E-state index in [0.29, 0.717) is 18.6 Å². The second-order valence-corrected chi connectivity index (χ2v) is 4.43. The first kappa shape index (κ1) is 14.4. The average molecular weight is 248 g/mol. The molecular weight excluding hydrogens is 228 g/mol. The van der Waals surface area contributed by atoms with Crippen molar-refractivity contribution in [3.8, 4) is 5.75 Å². The SMILES string of the molecule is CCC(=O)C(C)Oc1ccc(CCC(C)=O)cc1. The minimum atomic E-state index is -0.405. The van der Waals surface area contributed by atoms with Crippen LogP contribution in [0.25, 0.3) is 0 Å². The number of aryl methyl sites for hydroxylation is 1. The van der Waals surface area contributed by atoms with E-state index in [1.807, 2.05) is 31.2 Å². The molecule has 0 bridgehead atoms. The van der Waals surface area contributed by atoms with Gasteiger partial charge in [0.2, 0.25) is 0 Å². The van der Waals surface area contributed by atoms with Crippen LogP contribution in [0.5, 0.6) is 5.75 Å². The molecule has 1 unspecified atom stereocenters. The maximum absolute atomic E-state index is 11.4. The van der Waals surface area contributed by atoms with Crippen molar-refractivity contribution in [1.82, 2.24) is 0 Å². The molecule has 18 heavy (non-hydrogen) atoms. The van der Waals surface area contributed by atoms with Crippen molar-refractivity contribution in [2.24, 2.45) is 0 Å². The van der Waals surface area contributed by atoms with E-state index in [0.717, 1.165) is 12.0 Å². The molecule has 0 aliphatic rings. The van der Waals surface area contributed by atoms with Crippen LogP contribution in [-0.4, -0.2) is 17.7 Å². The lowest BCUT2D eigenvalue weighted by atomic mass is 10.1. The number of benzene rings is 1. The van der Waals surface area contributed by atoms with Crippen LogP contribution >= 0.6 is 0 Å². The van der Waals surface area contributed by atoms with E-state index in [4.69, 9.17) is 4.74 Å². The molecule has 0 amide bonds. The lowest BCUT2D eigenvalue weighted by molar-refractivity contribution is -0.124. The first-order chi connectivity index (χ1) is 8.52. The van der Waals surface area contributed by atoms with Gasteiger partial charge >= 0.3 is 0 Å². The third-order valence-corrected chi connectivity index (χ3v) is 2.80. The molecule has 0 aliphatic heterocycles. The molecule has 0 heterocycles. The summed E-state index contributed by atoms with van der Waals surface area (Å²) < 4.78 is 5.53. The predicted octanol–water partition coefficient (Wildman–Crippen LogP) is 2.95. The molecule has 1 atom stereocenters. The van der Waals surface area contributed by atoms with Crippen LogP contribution in [0.2, 0.25) is 0 Å². The molecular formula is C15H20O3.